The fourth-order valence-corrected chi connectivity index (χ4v) is 4.93. The van der Waals surface area contributed by atoms with Crippen LogP contribution >= 0.6 is 0 Å². The van der Waals surface area contributed by atoms with Crippen LogP contribution in [0.1, 0.15) is 33.4 Å². The van der Waals surface area contributed by atoms with Crippen LogP contribution in [0.3, 0.4) is 0 Å². The second-order valence-corrected chi connectivity index (χ2v) is 8.94. The van der Waals surface area contributed by atoms with E-state index in [9.17, 15) is 0 Å². The van der Waals surface area contributed by atoms with Gasteiger partial charge in [-0.05, 0) is 131 Å². The Morgan fingerprint density at radius 3 is 1.74 bits per heavy atom. The Morgan fingerprint density at radius 2 is 1.13 bits per heavy atom. The van der Waals surface area contributed by atoms with Crippen molar-refractivity contribution in [3.63, 3.8) is 0 Å². The third-order valence-corrected chi connectivity index (χ3v) is 6.74. The van der Waals surface area contributed by atoms with E-state index in [4.69, 9.17) is 11.5 Å². The lowest BCUT2D eigenvalue weighted by Gasteiger charge is -2.15. The second-order valence-electron chi connectivity index (χ2n) is 8.94. The molecule has 154 valence electrons. The van der Waals surface area contributed by atoms with Crippen molar-refractivity contribution in [3.05, 3.63) is 94.0 Å². The van der Waals surface area contributed by atoms with E-state index in [1.165, 1.54) is 44.5 Å². The molecule has 0 atom stereocenters. The highest BCUT2D eigenvalue weighted by Crippen LogP contribution is 2.45. The van der Waals surface area contributed by atoms with Crippen LogP contribution in [0.25, 0.3) is 33.4 Å². The smallest absolute Gasteiger partial charge is 0.0373 e. The van der Waals surface area contributed by atoms with Gasteiger partial charge in [0, 0.05) is 11.4 Å². The Bertz CT molecular complexity index is 1320. The number of hydrogen-bond acceptors (Lipinski definition) is 2. The maximum atomic E-state index is 6.23. The van der Waals surface area contributed by atoms with Crippen LogP contribution in [-0.2, 0) is 6.42 Å². The van der Waals surface area contributed by atoms with E-state index in [-0.39, 0.29) is 0 Å². The summed E-state index contributed by atoms with van der Waals surface area (Å²) in [6.45, 7) is 8.34. The number of nitrogens with two attached hydrogens (primary N) is 2. The minimum atomic E-state index is 0.881. The van der Waals surface area contributed by atoms with Crippen molar-refractivity contribution in [1.29, 1.82) is 0 Å². The molecule has 4 aromatic carbocycles. The molecule has 0 saturated carbocycles. The van der Waals surface area contributed by atoms with Crippen molar-refractivity contribution in [1.82, 2.24) is 0 Å². The van der Waals surface area contributed by atoms with Crippen molar-refractivity contribution < 1.29 is 0 Å². The molecular weight excluding hydrogens is 376 g/mol. The zero-order valence-corrected chi connectivity index (χ0v) is 18.6. The van der Waals surface area contributed by atoms with Crippen molar-refractivity contribution >= 4 is 11.4 Å². The Labute approximate surface area is 184 Å². The zero-order valence-electron chi connectivity index (χ0n) is 18.6. The van der Waals surface area contributed by atoms with Crippen LogP contribution in [0.5, 0.6) is 0 Å². The molecule has 0 bridgehead atoms. The first-order valence-corrected chi connectivity index (χ1v) is 10.8. The van der Waals surface area contributed by atoms with Gasteiger partial charge in [-0.3, -0.25) is 0 Å². The van der Waals surface area contributed by atoms with Crippen LogP contribution < -0.4 is 11.5 Å². The third kappa shape index (κ3) is 3.11. The first kappa shape index (κ1) is 19.4. The van der Waals surface area contributed by atoms with E-state index >= 15 is 0 Å². The van der Waals surface area contributed by atoms with Gasteiger partial charge in [0.1, 0.15) is 0 Å². The monoisotopic (exact) mass is 404 g/mol. The highest BCUT2D eigenvalue weighted by Gasteiger charge is 2.23. The average molecular weight is 405 g/mol. The molecule has 0 saturated heterocycles. The van der Waals surface area contributed by atoms with Crippen LogP contribution in [0.2, 0.25) is 0 Å². The molecule has 5 rings (SSSR count). The predicted molar refractivity (Wildman–Crippen MR) is 133 cm³/mol. The Balaban J connectivity index is 1.70. The van der Waals surface area contributed by atoms with Crippen LogP contribution in [0, 0.1) is 27.7 Å². The standard InChI is InChI=1S/C29H28N2/c1-16-10-23(11-17(2)28(16)30)20-8-9-21-14-22-6-5-7-25(27(22)26(21)15-20)24-12-18(3)29(31)19(4)13-24/h5-13,15H,14,30-31H2,1-4H3. The molecule has 2 nitrogen and oxygen atoms in total. The van der Waals surface area contributed by atoms with Crippen molar-refractivity contribution in [3.8, 4) is 33.4 Å². The summed E-state index contributed by atoms with van der Waals surface area (Å²) in [6.07, 6.45) is 0.978. The lowest BCUT2D eigenvalue weighted by Crippen LogP contribution is -1.95. The van der Waals surface area contributed by atoms with Gasteiger partial charge >= 0.3 is 0 Å². The molecule has 0 amide bonds. The third-order valence-electron chi connectivity index (χ3n) is 6.74. The number of anilines is 2. The molecular formula is C29H28N2. The Kier molecular flexibility index (Phi) is 4.40. The minimum Gasteiger partial charge on any atom is -0.398 e. The minimum absolute atomic E-state index is 0.881. The summed E-state index contributed by atoms with van der Waals surface area (Å²) in [6, 6.07) is 22.4. The van der Waals surface area contributed by atoms with Gasteiger partial charge in [0.05, 0.1) is 0 Å². The second kappa shape index (κ2) is 7.02. The Hall–Kier alpha value is -3.52. The van der Waals surface area contributed by atoms with Gasteiger partial charge in [0.25, 0.3) is 0 Å². The number of rotatable bonds is 2. The number of nitrogen functional groups attached to an aromatic ring is 2. The van der Waals surface area contributed by atoms with Crippen LogP contribution in [0.4, 0.5) is 11.4 Å². The van der Waals surface area contributed by atoms with Crippen molar-refractivity contribution in [2.75, 3.05) is 11.5 Å². The van der Waals surface area contributed by atoms with Crippen LogP contribution in [0.15, 0.2) is 60.7 Å². The Morgan fingerprint density at radius 1 is 0.548 bits per heavy atom. The average Bonchev–Trinajstić information content (AvgIpc) is 3.13. The number of hydrogen-bond donors (Lipinski definition) is 2. The fraction of sp³-hybridized carbons (Fsp3) is 0.172. The van der Waals surface area contributed by atoms with E-state index in [1.54, 1.807) is 0 Å². The van der Waals surface area contributed by atoms with Gasteiger partial charge in [0.2, 0.25) is 0 Å². The zero-order chi connectivity index (χ0) is 21.9. The fourth-order valence-electron chi connectivity index (χ4n) is 4.93. The number of fused-ring (bicyclic) bond motifs is 3. The predicted octanol–water partition coefficient (Wildman–Crippen LogP) is 6.99. The van der Waals surface area contributed by atoms with E-state index in [0.717, 1.165) is 40.0 Å². The van der Waals surface area contributed by atoms with Crippen LogP contribution in [-0.4, -0.2) is 0 Å². The molecule has 2 heteroatoms. The maximum Gasteiger partial charge on any atom is 0.0373 e. The first-order chi connectivity index (χ1) is 14.8. The van der Waals surface area contributed by atoms with Gasteiger partial charge in [-0.25, -0.2) is 0 Å². The summed E-state index contributed by atoms with van der Waals surface area (Å²) in [5.74, 6) is 0. The number of aryl methyl sites for hydroxylation is 4. The molecule has 4 N–H and O–H groups in total. The molecule has 0 aromatic heterocycles. The molecule has 0 radical (unpaired) electrons. The van der Waals surface area contributed by atoms with Gasteiger partial charge in [-0.15, -0.1) is 0 Å². The summed E-state index contributed by atoms with van der Waals surface area (Å²) < 4.78 is 0. The van der Waals surface area contributed by atoms with Gasteiger partial charge in [-0.2, -0.15) is 0 Å². The van der Waals surface area contributed by atoms with Crippen molar-refractivity contribution in [2.45, 2.75) is 34.1 Å². The molecule has 0 spiro atoms. The molecule has 0 fully saturated rings. The van der Waals surface area contributed by atoms with Gasteiger partial charge < -0.3 is 11.5 Å². The summed E-state index contributed by atoms with van der Waals surface area (Å²) in [7, 11) is 0. The molecule has 1 aliphatic carbocycles. The lowest BCUT2D eigenvalue weighted by atomic mass is 9.90. The summed E-state index contributed by atoms with van der Waals surface area (Å²) in [4.78, 5) is 0. The van der Waals surface area contributed by atoms with Crippen molar-refractivity contribution in [2.24, 2.45) is 0 Å². The van der Waals surface area contributed by atoms with E-state index in [1.807, 2.05) is 0 Å². The molecule has 0 unspecified atom stereocenters. The normalized spacial score (nSPS) is 12.0. The summed E-state index contributed by atoms with van der Waals surface area (Å²) in [5, 5.41) is 0. The maximum absolute atomic E-state index is 6.23. The van der Waals surface area contributed by atoms with Gasteiger partial charge in [-0.1, -0.05) is 30.3 Å². The molecule has 31 heavy (non-hydrogen) atoms. The quantitative estimate of drug-likeness (QED) is 0.312. The van der Waals surface area contributed by atoms with E-state index in [2.05, 4.69) is 88.4 Å². The van der Waals surface area contributed by atoms with E-state index in [0.29, 0.717) is 0 Å². The molecule has 0 heterocycles. The molecule has 0 aliphatic heterocycles. The molecule has 1 aliphatic rings. The van der Waals surface area contributed by atoms with E-state index < -0.39 is 0 Å². The largest absolute Gasteiger partial charge is 0.398 e. The SMILES string of the molecule is Cc1cc(-c2ccc3c(c2)-c2c(cccc2-c2cc(C)c(N)c(C)c2)C3)cc(C)c1N. The first-order valence-electron chi connectivity index (χ1n) is 10.8. The molecule has 4 aromatic rings. The summed E-state index contributed by atoms with van der Waals surface area (Å²) in [5.41, 5.74) is 29.1. The highest BCUT2D eigenvalue weighted by atomic mass is 14.6. The topological polar surface area (TPSA) is 52.0 Å². The highest BCUT2D eigenvalue weighted by molar-refractivity contribution is 5.92. The lowest BCUT2D eigenvalue weighted by molar-refractivity contribution is 1.26. The van der Waals surface area contributed by atoms with Gasteiger partial charge in [0.15, 0.2) is 0 Å². The summed E-state index contributed by atoms with van der Waals surface area (Å²) >= 11 is 0. The number of benzene rings is 4.